The lowest BCUT2D eigenvalue weighted by atomic mass is 10.1. The van der Waals surface area contributed by atoms with E-state index in [1.54, 1.807) is 12.1 Å². The maximum Gasteiger partial charge on any atom is 0.371 e. The summed E-state index contributed by atoms with van der Waals surface area (Å²) in [6.45, 7) is 0. The standard InChI is InChI=1S/C14H15NO4/c1-15(2)10-5-3-9(4-6-10)13(16)11-7-8-12(19-11)14(17)18/h3-8,13,16H,1-2H3,(H,17,18). The minimum Gasteiger partial charge on any atom is -0.475 e. The van der Waals surface area contributed by atoms with E-state index in [1.807, 2.05) is 31.1 Å². The summed E-state index contributed by atoms with van der Waals surface area (Å²) in [5.41, 5.74) is 1.67. The fourth-order valence-corrected chi connectivity index (χ4v) is 1.73. The first-order valence-corrected chi connectivity index (χ1v) is 5.77. The number of hydrogen-bond donors (Lipinski definition) is 2. The second kappa shape index (κ2) is 5.16. The third-order valence-corrected chi connectivity index (χ3v) is 2.83. The van der Waals surface area contributed by atoms with Crippen LogP contribution < -0.4 is 4.90 Å². The molecule has 5 nitrogen and oxygen atoms in total. The molecule has 0 saturated heterocycles. The van der Waals surface area contributed by atoms with Crippen LogP contribution in [0, 0.1) is 0 Å². The number of rotatable bonds is 4. The van der Waals surface area contributed by atoms with E-state index >= 15 is 0 Å². The van der Waals surface area contributed by atoms with Gasteiger partial charge in [-0.3, -0.25) is 0 Å². The van der Waals surface area contributed by atoms with Crippen LogP contribution in [0.1, 0.15) is 28.0 Å². The van der Waals surface area contributed by atoms with Crippen LogP contribution in [0.15, 0.2) is 40.8 Å². The van der Waals surface area contributed by atoms with E-state index in [-0.39, 0.29) is 11.5 Å². The molecular weight excluding hydrogens is 246 g/mol. The van der Waals surface area contributed by atoms with Gasteiger partial charge in [0.1, 0.15) is 11.9 Å². The molecule has 2 aromatic rings. The molecule has 1 aromatic heterocycles. The fraction of sp³-hybridized carbons (Fsp3) is 0.214. The molecule has 5 heteroatoms. The van der Waals surface area contributed by atoms with Crippen molar-refractivity contribution in [2.45, 2.75) is 6.10 Å². The lowest BCUT2D eigenvalue weighted by Gasteiger charge is -2.14. The molecule has 0 spiro atoms. The van der Waals surface area contributed by atoms with Gasteiger partial charge in [0.15, 0.2) is 0 Å². The Morgan fingerprint density at radius 3 is 2.26 bits per heavy atom. The number of aromatic carboxylic acids is 1. The zero-order valence-corrected chi connectivity index (χ0v) is 10.7. The van der Waals surface area contributed by atoms with Gasteiger partial charge in [-0.2, -0.15) is 0 Å². The summed E-state index contributed by atoms with van der Waals surface area (Å²) in [5, 5.41) is 18.9. The van der Waals surface area contributed by atoms with Gasteiger partial charge in [-0.25, -0.2) is 4.79 Å². The summed E-state index contributed by atoms with van der Waals surface area (Å²) in [6, 6.07) is 10.1. The van der Waals surface area contributed by atoms with Crippen molar-refractivity contribution in [1.82, 2.24) is 0 Å². The number of carboxylic acids is 1. The van der Waals surface area contributed by atoms with Gasteiger partial charge in [0.2, 0.25) is 5.76 Å². The summed E-state index contributed by atoms with van der Waals surface area (Å²) in [5.74, 6) is -1.12. The molecule has 1 heterocycles. The van der Waals surface area contributed by atoms with Crippen molar-refractivity contribution in [2.24, 2.45) is 0 Å². The summed E-state index contributed by atoms with van der Waals surface area (Å²) in [7, 11) is 3.86. The molecule has 0 amide bonds. The zero-order valence-electron chi connectivity index (χ0n) is 10.7. The monoisotopic (exact) mass is 261 g/mol. The maximum absolute atomic E-state index is 10.7. The van der Waals surface area contributed by atoms with Gasteiger partial charge in [0, 0.05) is 19.8 Å². The topological polar surface area (TPSA) is 73.9 Å². The van der Waals surface area contributed by atoms with E-state index in [0.717, 1.165) is 5.69 Å². The second-order valence-electron chi connectivity index (χ2n) is 4.40. The molecule has 0 saturated carbocycles. The van der Waals surface area contributed by atoms with Gasteiger partial charge < -0.3 is 19.5 Å². The molecule has 0 aliphatic carbocycles. The normalized spacial score (nSPS) is 12.2. The van der Waals surface area contributed by atoms with Crippen LogP contribution in [0.2, 0.25) is 0 Å². The summed E-state index contributed by atoms with van der Waals surface area (Å²) in [4.78, 5) is 12.7. The van der Waals surface area contributed by atoms with Crippen LogP contribution in [-0.4, -0.2) is 30.3 Å². The Labute approximate surface area is 110 Å². The van der Waals surface area contributed by atoms with Crippen molar-refractivity contribution in [3.63, 3.8) is 0 Å². The number of carboxylic acid groups (broad SMARTS) is 1. The Morgan fingerprint density at radius 2 is 1.79 bits per heavy atom. The maximum atomic E-state index is 10.7. The smallest absolute Gasteiger partial charge is 0.371 e. The Morgan fingerprint density at radius 1 is 1.16 bits per heavy atom. The van der Waals surface area contributed by atoms with Gasteiger partial charge >= 0.3 is 5.97 Å². The molecule has 2 rings (SSSR count). The first-order chi connectivity index (χ1) is 8.99. The van der Waals surface area contributed by atoms with Crippen molar-refractivity contribution >= 4 is 11.7 Å². The number of aliphatic hydroxyl groups excluding tert-OH is 1. The van der Waals surface area contributed by atoms with Crippen molar-refractivity contribution in [2.75, 3.05) is 19.0 Å². The SMILES string of the molecule is CN(C)c1ccc(C(O)c2ccc(C(=O)O)o2)cc1. The van der Waals surface area contributed by atoms with Gasteiger partial charge in [0.25, 0.3) is 0 Å². The van der Waals surface area contributed by atoms with E-state index < -0.39 is 12.1 Å². The molecule has 100 valence electrons. The van der Waals surface area contributed by atoms with E-state index in [2.05, 4.69) is 0 Å². The molecule has 0 radical (unpaired) electrons. The van der Waals surface area contributed by atoms with E-state index in [1.165, 1.54) is 12.1 Å². The Balaban J connectivity index is 2.22. The van der Waals surface area contributed by atoms with Crippen LogP contribution in [-0.2, 0) is 0 Å². The number of furan rings is 1. The van der Waals surface area contributed by atoms with E-state index in [4.69, 9.17) is 9.52 Å². The van der Waals surface area contributed by atoms with Crippen LogP contribution in [0.4, 0.5) is 5.69 Å². The first-order valence-electron chi connectivity index (χ1n) is 5.77. The van der Waals surface area contributed by atoms with Gasteiger partial charge in [-0.05, 0) is 29.8 Å². The highest BCUT2D eigenvalue weighted by atomic mass is 16.4. The van der Waals surface area contributed by atoms with Crippen molar-refractivity contribution in [1.29, 1.82) is 0 Å². The largest absolute Gasteiger partial charge is 0.475 e. The molecule has 1 atom stereocenters. The van der Waals surface area contributed by atoms with Crippen LogP contribution in [0.25, 0.3) is 0 Å². The molecule has 1 unspecified atom stereocenters. The highest BCUT2D eigenvalue weighted by molar-refractivity contribution is 5.84. The molecule has 1 aromatic carbocycles. The Kier molecular flexibility index (Phi) is 3.57. The number of anilines is 1. The number of benzene rings is 1. The summed E-state index contributed by atoms with van der Waals surface area (Å²) in [6.07, 6.45) is -0.968. The molecule has 0 aliphatic rings. The number of aliphatic hydroxyl groups is 1. The zero-order chi connectivity index (χ0) is 14.0. The predicted molar refractivity (Wildman–Crippen MR) is 70.5 cm³/mol. The average Bonchev–Trinajstić information content (AvgIpc) is 2.87. The second-order valence-corrected chi connectivity index (χ2v) is 4.40. The number of carbonyl (C=O) groups is 1. The van der Waals surface area contributed by atoms with Gasteiger partial charge in [-0.15, -0.1) is 0 Å². The van der Waals surface area contributed by atoms with Crippen molar-refractivity contribution in [3.05, 3.63) is 53.5 Å². The molecule has 2 N–H and O–H groups in total. The predicted octanol–water partition coefficient (Wildman–Crippen LogP) is 2.13. The lowest BCUT2D eigenvalue weighted by Crippen LogP contribution is -2.08. The molecular formula is C14H15NO4. The minimum absolute atomic E-state index is 0.182. The van der Waals surface area contributed by atoms with Crippen molar-refractivity contribution < 1.29 is 19.4 Å². The quantitative estimate of drug-likeness (QED) is 0.881. The van der Waals surface area contributed by atoms with Crippen LogP contribution >= 0.6 is 0 Å². The molecule has 19 heavy (non-hydrogen) atoms. The third kappa shape index (κ3) is 2.77. The minimum atomic E-state index is -1.15. The third-order valence-electron chi connectivity index (χ3n) is 2.83. The van der Waals surface area contributed by atoms with Gasteiger partial charge in [-0.1, -0.05) is 12.1 Å². The molecule has 0 bridgehead atoms. The van der Waals surface area contributed by atoms with Gasteiger partial charge in [0.05, 0.1) is 0 Å². The molecule has 0 fully saturated rings. The first kappa shape index (κ1) is 13.2. The number of nitrogens with zero attached hydrogens (tertiary/aromatic N) is 1. The fourth-order valence-electron chi connectivity index (χ4n) is 1.73. The Bertz CT molecular complexity index is 571. The summed E-state index contributed by atoms with van der Waals surface area (Å²) < 4.78 is 5.08. The van der Waals surface area contributed by atoms with Crippen LogP contribution in [0.3, 0.4) is 0 Å². The van der Waals surface area contributed by atoms with Crippen molar-refractivity contribution in [3.8, 4) is 0 Å². The number of hydrogen-bond acceptors (Lipinski definition) is 4. The Hall–Kier alpha value is -2.27. The lowest BCUT2D eigenvalue weighted by molar-refractivity contribution is 0.0655. The molecule has 0 aliphatic heterocycles. The van der Waals surface area contributed by atoms with Crippen LogP contribution in [0.5, 0.6) is 0 Å². The van der Waals surface area contributed by atoms with E-state index in [9.17, 15) is 9.90 Å². The highest BCUT2D eigenvalue weighted by Crippen LogP contribution is 2.25. The van der Waals surface area contributed by atoms with E-state index in [0.29, 0.717) is 5.56 Å². The summed E-state index contributed by atoms with van der Waals surface area (Å²) >= 11 is 0. The highest BCUT2D eigenvalue weighted by Gasteiger charge is 2.17. The average molecular weight is 261 g/mol.